The normalized spacial score (nSPS) is 16.1. The molecule has 3 aromatic rings. The molecule has 2 amide bonds. The van der Waals surface area contributed by atoms with Crippen molar-refractivity contribution in [1.29, 1.82) is 0 Å². The summed E-state index contributed by atoms with van der Waals surface area (Å²) in [6.07, 6.45) is 7.21. The van der Waals surface area contributed by atoms with E-state index in [-0.39, 0.29) is 12.1 Å². The molecular formula is C20H25N7O. The number of aryl methyl sites for hydroxylation is 1. The summed E-state index contributed by atoms with van der Waals surface area (Å²) in [4.78, 5) is 14.6. The lowest BCUT2D eigenvalue weighted by molar-refractivity contribution is 0.177. The van der Waals surface area contributed by atoms with Gasteiger partial charge in [0.25, 0.3) is 0 Å². The predicted molar refractivity (Wildman–Crippen MR) is 105 cm³/mol. The van der Waals surface area contributed by atoms with Gasteiger partial charge in [-0.05, 0) is 43.5 Å². The SMILES string of the molecule is CC(NC(=O)N1CCC(c2nncn2C)CC1)c1ccc(-n2cccn2)cc1. The van der Waals surface area contributed by atoms with E-state index >= 15 is 0 Å². The Hall–Kier alpha value is -3.16. The number of amides is 2. The minimum atomic E-state index is -0.0596. The number of urea groups is 1. The number of hydrogen-bond donors (Lipinski definition) is 1. The van der Waals surface area contributed by atoms with Crippen molar-refractivity contribution in [3.8, 4) is 5.69 Å². The number of piperidine rings is 1. The fraction of sp³-hybridized carbons (Fsp3) is 0.400. The summed E-state index contributed by atoms with van der Waals surface area (Å²) < 4.78 is 3.78. The van der Waals surface area contributed by atoms with Crippen LogP contribution < -0.4 is 5.32 Å². The molecule has 146 valence electrons. The number of benzene rings is 1. The average molecular weight is 379 g/mol. The minimum absolute atomic E-state index is 0.0138. The van der Waals surface area contributed by atoms with Gasteiger partial charge in [-0.15, -0.1) is 10.2 Å². The molecule has 28 heavy (non-hydrogen) atoms. The van der Waals surface area contributed by atoms with Crippen molar-refractivity contribution in [3.05, 3.63) is 60.4 Å². The highest BCUT2D eigenvalue weighted by Crippen LogP contribution is 2.26. The molecule has 0 aliphatic carbocycles. The molecule has 1 atom stereocenters. The van der Waals surface area contributed by atoms with Crippen molar-refractivity contribution in [2.45, 2.75) is 31.7 Å². The third kappa shape index (κ3) is 3.76. The average Bonchev–Trinajstić information content (AvgIpc) is 3.40. The first kappa shape index (κ1) is 18.2. The Morgan fingerprint density at radius 2 is 1.96 bits per heavy atom. The van der Waals surface area contributed by atoms with Crippen LogP contribution in [0, 0.1) is 0 Å². The van der Waals surface area contributed by atoms with E-state index in [1.54, 1.807) is 12.5 Å². The van der Waals surface area contributed by atoms with Crippen molar-refractivity contribution in [3.63, 3.8) is 0 Å². The first-order chi connectivity index (χ1) is 13.6. The van der Waals surface area contributed by atoms with Gasteiger partial charge in [0.2, 0.25) is 0 Å². The summed E-state index contributed by atoms with van der Waals surface area (Å²) in [7, 11) is 1.97. The van der Waals surface area contributed by atoms with Gasteiger partial charge in [0.1, 0.15) is 12.2 Å². The monoisotopic (exact) mass is 379 g/mol. The highest BCUT2D eigenvalue weighted by atomic mass is 16.2. The topological polar surface area (TPSA) is 80.9 Å². The summed E-state index contributed by atoms with van der Waals surface area (Å²) in [5, 5.41) is 15.5. The lowest BCUT2D eigenvalue weighted by atomic mass is 9.96. The number of carbonyl (C=O) groups excluding carboxylic acids is 1. The molecular weight excluding hydrogens is 354 g/mol. The summed E-state index contributed by atoms with van der Waals surface area (Å²) in [6.45, 7) is 3.47. The number of likely N-dealkylation sites (tertiary alicyclic amines) is 1. The Labute approximate surface area is 164 Å². The molecule has 4 rings (SSSR count). The number of hydrogen-bond acceptors (Lipinski definition) is 4. The van der Waals surface area contributed by atoms with Gasteiger partial charge in [0.15, 0.2) is 0 Å². The molecule has 0 bridgehead atoms. The van der Waals surface area contributed by atoms with Crippen LogP contribution in [-0.4, -0.2) is 48.6 Å². The minimum Gasteiger partial charge on any atom is -0.331 e. The zero-order valence-corrected chi connectivity index (χ0v) is 16.2. The molecule has 1 N–H and O–H groups in total. The van der Waals surface area contributed by atoms with Gasteiger partial charge >= 0.3 is 6.03 Å². The molecule has 1 fully saturated rings. The first-order valence-corrected chi connectivity index (χ1v) is 9.61. The zero-order valence-electron chi connectivity index (χ0n) is 16.2. The van der Waals surface area contributed by atoms with E-state index in [1.165, 1.54) is 0 Å². The van der Waals surface area contributed by atoms with Crippen molar-refractivity contribution >= 4 is 6.03 Å². The van der Waals surface area contributed by atoms with Crippen LogP contribution >= 0.6 is 0 Å². The number of nitrogens with zero attached hydrogens (tertiary/aromatic N) is 6. The fourth-order valence-electron chi connectivity index (χ4n) is 3.70. The van der Waals surface area contributed by atoms with Gasteiger partial charge in [-0.3, -0.25) is 0 Å². The summed E-state index contributed by atoms with van der Waals surface area (Å²) >= 11 is 0. The van der Waals surface area contributed by atoms with E-state index in [1.807, 2.05) is 64.6 Å². The largest absolute Gasteiger partial charge is 0.331 e. The maximum atomic E-state index is 12.7. The Morgan fingerprint density at radius 3 is 2.57 bits per heavy atom. The van der Waals surface area contributed by atoms with E-state index in [2.05, 4.69) is 20.6 Å². The Balaban J connectivity index is 1.32. The van der Waals surface area contributed by atoms with Gasteiger partial charge in [0, 0.05) is 38.4 Å². The van der Waals surface area contributed by atoms with Crippen molar-refractivity contribution in [1.82, 2.24) is 34.8 Å². The number of carbonyl (C=O) groups is 1. The van der Waals surface area contributed by atoms with E-state index in [9.17, 15) is 4.79 Å². The quantitative estimate of drug-likeness (QED) is 0.756. The lowest BCUT2D eigenvalue weighted by Crippen LogP contribution is -2.45. The lowest BCUT2D eigenvalue weighted by Gasteiger charge is -2.32. The molecule has 8 heteroatoms. The van der Waals surface area contributed by atoms with E-state index in [0.717, 1.165) is 43.0 Å². The highest BCUT2D eigenvalue weighted by Gasteiger charge is 2.27. The second-order valence-electron chi connectivity index (χ2n) is 7.27. The maximum Gasteiger partial charge on any atom is 0.317 e. The molecule has 0 spiro atoms. The fourth-order valence-corrected chi connectivity index (χ4v) is 3.70. The molecule has 1 aliphatic rings. The molecule has 1 aromatic carbocycles. The molecule has 1 unspecified atom stereocenters. The van der Waals surface area contributed by atoms with Crippen LogP contribution in [0.5, 0.6) is 0 Å². The molecule has 1 aliphatic heterocycles. The van der Waals surface area contributed by atoms with Gasteiger partial charge < -0.3 is 14.8 Å². The van der Waals surface area contributed by atoms with Gasteiger partial charge in [-0.2, -0.15) is 5.10 Å². The Bertz CT molecular complexity index is 908. The number of aromatic nitrogens is 5. The van der Waals surface area contributed by atoms with Crippen LogP contribution in [0.3, 0.4) is 0 Å². The molecule has 3 heterocycles. The van der Waals surface area contributed by atoms with Crippen molar-refractivity contribution in [2.75, 3.05) is 13.1 Å². The molecule has 0 saturated carbocycles. The second-order valence-corrected chi connectivity index (χ2v) is 7.27. The Morgan fingerprint density at radius 1 is 1.21 bits per heavy atom. The van der Waals surface area contributed by atoms with Crippen LogP contribution in [0.15, 0.2) is 49.1 Å². The number of rotatable bonds is 4. The standard InChI is InChI=1S/C20H25N7O/c1-15(16-4-6-18(7-5-16)27-11-3-10-22-27)23-20(28)26-12-8-17(9-13-26)19-24-21-14-25(19)2/h3-7,10-11,14-15,17H,8-9,12-13H2,1-2H3,(H,23,28). The van der Waals surface area contributed by atoms with Gasteiger partial charge in [-0.1, -0.05) is 12.1 Å². The molecule has 8 nitrogen and oxygen atoms in total. The summed E-state index contributed by atoms with van der Waals surface area (Å²) in [6, 6.07) is 9.90. The number of nitrogens with one attached hydrogen (secondary N) is 1. The van der Waals surface area contributed by atoms with E-state index < -0.39 is 0 Å². The molecule has 0 radical (unpaired) electrons. The van der Waals surface area contributed by atoms with Crippen molar-refractivity contribution in [2.24, 2.45) is 7.05 Å². The van der Waals surface area contributed by atoms with E-state index in [4.69, 9.17) is 0 Å². The first-order valence-electron chi connectivity index (χ1n) is 9.61. The van der Waals surface area contributed by atoms with Crippen LogP contribution in [0.25, 0.3) is 5.69 Å². The summed E-state index contributed by atoms with van der Waals surface area (Å²) in [5.74, 6) is 1.37. The molecule has 2 aromatic heterocycles. The van der Waals surface area contributed by atoms with Crippen LogP contribution in [0.2, 0.25) is 0 Å². The zero-order chi connectivity index (χ0) is 19.5. The van der Waals surface area contributed by atoms with Gasteiger partial charge in [0.05, 0.1) is 11.7 Å². The summed E-state index contributed by atoms with van der Waals surface area (Å²) in [5.41, 5.74) is 2.07. The smallest absolute Gasteiger partial charge is 0.317 e. The third-order valence-electron chi connectivity index (χ3n) is 5.40. The predicted octanol–water partition coefficient (Wildman–Crippen LogP) is 2.65. The highest BCUT2D eigenvalue weighted by molar-refractivity contribution is 5.74. The second kappa shape index (κ2) is 7.84. The Kier molecular flexibility index (Phi) is 5.10. The van der Waals surface area contributed by atoms with Crippen LogP contribution in [-0.2, 0) is 7.05 Å². The van der Waals surface area contributed by atoms with Crippen molar-refractivity contribution < 1.29 is 4.79 Å². The molecule has 1 saturated heterocycles. The maximum absolute atomic E-state index is 12.7. The van der Waals surface area contributed by atoms with Gasteiger partial charge in [-0.25, -0.2) is 9.48 Å². The van der Waals surface area contributed by atoms with E-state index in [0.29, 0.717) is 5.92 Å². The van der Waals surface area contributed by atoms with Crippen LogP contribution in [0.4, 0.5) is 4.79 Å². The van der Waals surface area contributed by atoms with Crippen LogP contribution in [0.1, 0.15) is 43.1 Å². The third-order valence-corrected chi connectivity index (χ3v) is 5.40.